The number of hydrogen-bond acceptors (Lipinski definition) is 9. The number of carboxylic acids is 1. The normalized spacial score (nSPS) is 17.9. The molecule has 3 aromatic rings. The molecule has 244 valence electrons. The maximum atomic E-state index is 12.8. The van der Waals surface area contributed by atoms with Crippen LogP contribution in [0.2, 0.25) is 0 Å². The van der Waals surface area contributed by atoms with E-state index in [1.165, 1.54) is 11.1 Å². The zero-order valence-corrected chi connectivity index (χ0v) is 28.5. The Hall–Kier alpha value is -4.05. The number of pyridine rings is 1. The van der Waals surface area contributed by atoms with Crippen LogP contribution in [0.4, 0.5) is 23.3 Å². The van der Waals surface area contributed by atoms with Crippen molar-refractivity contribution in [2.75, 3.05) is 41.8 Å². The van der Waals surface area contributed by atoms with Gasteiger partial charge in [0.2, 0.25) is 5.95 Å². The van der Waals surface area contributed by atoms with Crippen LogP contribution in [0.5, 0.6) is 0 Å². The Balaban J connectivity index is 1.42. The number of aromatic nitrogens is 3. The quantitative estimate of drug-likeness (QED) is 0.300. The molecule has 1 atom stereocenters. The number of benzene rings is 1. The molecule has 46 heavy (non-hydrogen) atoms. The van der Waals surface area contributed by atoms with E-state index in [1.807, 2.05) is 47.9 Å². The second kappa shape index (κ2) is 12.0. The molecular weight excluding hydrogens is 578 g/mol. The molecule has 6 rings (SSSR count). The van der Waals surface area contributed by atoms with Gasteiger partial charge in [0.1, 0.15) is 5.82 Å². The highest BCUT2D eigenvalue weighted by Crippen LogP contribution is 2.45. The summed E-state index contributed by atoms with van der Waals surface area (Å²) in [6.07, 6.45) is 4.38. The molecule has 0 unspecified atom stereocenters. The number of anilines is 3. The number of fused-ring (bicyclic) bond motifs is 2. The third-order valence-corrected chi connectivity index (χ3v) is 9.48. The van der Waals surface area contributed by atoms with Gasteiger partial charge in [0.15, 0.2) is 11.9 Å². The number of aliphatic imine (C=N–C) groups is 1. The summed E-state index contributed by atoms with van der Waals surface area (Å²) < 4.78 is 6.26. The van der Waals surface area contributed by atoms with E-state index in [9.17, 15) is 9.90 Å². The van der Waals surface area contributed by atoms with Crippen molar-refractivity contribution in [3.05, 3.63) is 51.8 Å². The van der Waals surface area contributed by atoms with Crippen LogP contribution in [0.25, 0.3) is 11.1 Å². The molecule has 3 aliphatic rings. The highest BCUT2D eigenvalue weighted by atomic mass is 16.5. The second-order valence-electron chi connectivity index (χ2n) is 14.6. The lowest BCUT2D eigenvalue weighted by atomic mass is 9.81. The highest BCUT2D eigenvalue weighted by Gasteiger charge is 2.37. The fourth-order valence-corrected chi connectivity index (χ4v) is 6.96. The number of carbonyl (C=O) groups is 1. The van der Waals surface area contributed by atoms with Crippen molar-refractivity contribution < 1.29 is 14.6 Å². The zero-order chi connectivity index (χ0) is 33.0. The number of aryl methyl sites for hydroxylation is 2. The van der Waals surface area contributed by atoms with Gasteiger partial charge in [-0.3, -0.25) is 4.98 Å². The Morgan fingerprint density at radius 1 is 1.02 bits per heavy atom. The summed E-state index contributed by atoms with van der Waals surface area (Å²) in [5.74, 6) is 1.27. The fourth-order valence-electron chi connectivity index (χ4n) is 6.96. The molecule has 10 heteroatoms. The number of aliphatic carboxylic acids is 1. The standard InChI is InChI=1S/C36H47N7O3/c1-21-27(29(42-17-13-36(6,7)14-18-42)28(22(2)39-21)30(33(44)45)46-35(3,4)5)24-9-10-25-20-43(16-12-23(25)19-24)34-40-31(37-8)26-11-15-38-32(26)41-34/h9-10,15,19,30H,11-14,16-18,20H2,1-8H3,(H,44,45)(H,37,40,41)/t30-/m0/s1. The maximum Gasteiger partial charge on any atom is 0.337 e. The molecular formula is C36H47N7O3. The van der Waals surface area contributed by atoms with E-state index in [0.29, 0.717) is 23.8 Å². The number of piperidine rings is 1. The Morgan fingerprint density at radius 3 is 2.43 bits per heavy atom. The number of carboxylic acid groups (broad SMARTS) is 1. The SMILES string of the molecule is CNc1nc(N2CCc3cc(-c4c(C)nc(C)c([C@H](OC(C)(C)C)C(=O)O)c4N4CCC(C)(C)CC4)ccc3C2)nc2c1CC=N2. The second-order valence-corrected chi connectivity index (χ2v) is 14.6. The number of hydrogen-bond donors (Lipinski definition) is 2. The molecule has 2 aromatic heterocycles. The first-order valence-corrected chi connectivity index (χ1v) is 16.4. The lowest BCUT2D eigenvalue weighted by molar-refractivity contribution is -0.160. The molecule has 1 saturated heterocycles. The molecule has 0 radical (unpaired) electrons. The summed E-state index contributed by atoms with van der Waals surface area (Å²) in [7, 11) is 1.89. The van der Waals surface area contributed by atoms with E-state index >= 15 is 0 Å². The number of rotatable bonds is 7. The summed E-state index contributed by atoms with van der Waals surface area (Å²) in [6, 6.07) is 6.64. The Morgan fingerprint density at radius 2 is 1.76 bits per heavy atom. The van der Waals surface area contributed by atoms with Gasteiger partial charge in [0.05, 0.1) is 11.3 Å². The molecule has 10 nitrogen and oxygen atoms in total. The monoisotopic (exact) mass is 625 g/mol. The first-order chi connectivity index (χ1) is 21.7. The molecule has 0 aliphatic carbocycles. The average Bonchev–Trinajstić information content (AvgIpc) is 3.47. The summed E-state index contributed by atoms with van der Waals surface area (Å²) >= 11 is 0. The average molecular weight is 626 g/mol. The van der Waals surface area contributed by atoms with Gasteiger partial charge in [-0.25, -0.2) is 9.79 Å². The molecule has 1 aromatic carbocycles. The molecule has 0 bridgehead atoms. The van der Waals surface area contributed by atoms with E-state index in [1.54, 1.807) is 0 Å². The van der Waals surface area contributed by atoms with Crippen LogP contribution in [-0.2, 0) is 28.9 Å². The van der Waals surface area contributed by atoms with Crippen molar-refractivity contribution in [3.8, 4) is 11.1 Å². The Labute approximate surface area is 272 Å². The fraction of sp³-hybridized carbons (Fsp3) is 0.528. The minimum atomic E-state index is -1.14. The topological polar surface area (TPSA) is 116 Å². The van der Waals surface area contributed by atoms with Crippen LogP contribution in [-0.4, -0.2) is 64.5 Å². The van der Waals surface area contributed by atoms with Gasteiger partial charge < -0.3 is 25.0 Å². The first kappa shape index (κ1) is 31.9. The minimum absolute atomic E-state index is 0.239. The van der Waals surface area contributed by atoms with Crippen LogP contribution in [0, 0.1) is 19.3 Å². The summed E-state index contributed by atoms with van der Waals surface area (Å²) in [6.45, 7) is 17.5. The van der Waals surface area contributed by atoms with Crippen LogP contribution in [0.3, 0.4) is 0 Å². The van der Waals surface area contributed by atoms with Crippen molar-refractivity contribution in [2.45, 2.75) is 92.4 Å². The minimum Gasteiger partial charge on any atom is -0.479 e. The molecule has 5 heterocycles. The smallest absolute Gasteiger partial charge is 0.337 e. The maximum absolute atomic E-state index is 12.8. The molecule has 3 aliphatic heterocycles. The van der Waals surface area contributed by atoms with Crippen LogP contribution in [0.15, 0.2) is 23.2 Å². The summed E-state index contributed by atoms with van der Waals surface area (Å²) in [5.41, 5.74) is 8.38. The van der Waals surface area contributed by atoms with Crippen molar-refractivity contribution in [2.24, 2.45) is 10.4 Å². The first-order valence-electron chi connectivity index (χ1n) is 16.4. The number of nitrogens with zero attached hydrogens (tertiary/aromatic N) is 6. The zero-order valence-electron chi connectivity index (χ0n) is 28.5. The van der Waals surface area contributed by atoms with Crippen molar-refractivity contribution >= 4 is 35.5 Å². The molecule has 0 amide bonds. The van der Waals surface area contributed by atoms with E-state index in [-0.39, 0.29) is 5.41 Å². The molecule has 1 fully saturated rings. The molecule has 2 N–H and O–H groups in total. The van der Waals surface area contributed by atoms with E-state index < -0.39 is 17.7 Å². The summed E-state index contributed by atoms with van der Waals surface area (Å²) in [4.78, 5) is 36.5. The lowest BCUT2D eigenvalue weighted by Crippen LogP contribution is -2.39. The van der Waals surface area contributed by atoms with E-state index in [2.05, 4.69) is 52.2 Å². The number of ether oxygens (including phenoxy) is 1. The van der Waals surface area contributed by atoms with Crippen molar-refractivity contribution in [1.82, 2.24) is 15.0 Å². The highest BCUT2D eigenvalue weighted by molar-refractivity contribution is 5.88. The van der Waals surface area contributed by atoms with Gasteiger partial charge in [-0.05, 0) is 76.0 Å². The third-order valence-electron chi connectivity index (χ3n) is 9.48. The van der Waals surface area contributed by atoms with Crippen molar-refractivity contribution in [3.63, 3.8) is 0 Å². The predicted octanol–water partition coefficient (Wildman–Crippen LogP) is 6.59. The summed E-state index contributed by atoms with van der Waals surface area (Å²) in [5, 5.41) is 13.7. The Bertz CT molecular complexity index is 1700. The van der Waals surface area contributed by atoms with Crippen LogP contribution >= 0.6 is 0 Å². The molecule has 0 saturated carbocycles. The van der Waals surface area contributed by atoms with Gasteiger partial charge in [0, 0.05) is 73.9 Å². The number of nitrogens with one attached hydrogen (secondary N) is 1. The van der Waals surface area contributed by atoms with Crippen molar-refractivity contribution in [1.29, 1.82) is 0 Å². The van der Waals surface area contributed by atoms with Gasteiger partial charge >= 0.3 is 5.97 Å². The van der Waals surface area contributed by atoms with E-state index in [0.717, 1.165) is 85.0 Å². The Kier molecular flexibility index (Phi) is 8.29. The largest absolute Gasteiger partial charge is 0.479 e. The van der Waals surface area contributed by atoms with Crippen LogP contribution in [0.1, 0.15) is 87.2 Å². The predicted molar refractivity (Wildman–Crippen MR) is 184 cm³/mol. The third kappa shape index (κ3) is 6.19. The van der Waals surface area contributed by atoms with Crippen LogP contribution < -0.4 is 15.1 Å². The van der Waals surface area contributed by atoms with Gasteiger partial charge in [-0.2, -0.15) is 9.97 Å². The molecule has 0 spiro atoms. The van der Waals surface area contributed by atoms with Gasteiger partial charge in [-0.15, -0.1) is 0 Å². The van der Waals surface area contributed by atoms with E-state index in [4.69, 9.17) is 19.7 Å². The van der Waals surface area contributed by atoms with Gasteiger partial charge in [0.25, 0.3) is 0 Å². The van der Waals surface area contributed by atoms with Gasteiger partial charge in [-0.1, -0.05) is 32.0 Å². The lowest BCUT2D eigenvalue weighted by Gasteiger charge is -2.41.